The van der Waals surface area contributed by atoms with Crippen molar-refractivity contribution >= 4 is 17.8 Å². The first-order valence-electron chi connectivity index (χ1n) is 8.92. The predicted octanol–water partition coefficient (Wildman–Crippen LogP) is 1.75. The largest absolute Gasteiger partial charge is 0.491 e. The van der Waals surface area contributed by atoms with Gasteiger partial charge in [-0.25, -0.2) is 4.79 Å². The zero-order chi connectivity index (χ0) is 18.8. The molecule has 0 radical (unpaired) electrons. The summed E-state index contributed by atoms with van der Waals surface area (Å²) < 4.78 is 5.76. The molecule has 26 heavy (non-hydrogen) atoms. The van der Waals surface area contributed by atoms with Gasteiger partial charge in [0.2, 0.25) is 11.8 Å². The van der Waals surface area contributed by atoms with Crippen LogP contribution in [-0.4, -0.2) is 58.4 Å². The van der Waals surface area contributed by atoms with Crippen molar-refractivity contribution in [3.63, 3.8) is 0 Å². The molecule has 1 fully saturated rings. The van der Waals surface area contributed by atoms with Crippen molar-refractivity contribution in [1.29, 1.82) is 0 Å². The number of carbonyl (C=O) groups is 3. The van der Waals surface area contributed by atoms with Crippen molar-refractivity contribution in [2.45, 2.75) is 39.3 Å². The van der Waals surface area contributed by atoms with Crippen molar-refractivity contribution in [2.24, 2.45) is 5.92 Å². The van der Waals surface area contributed by atoms with E-state index in [1.807, 2.05) is 11.8 Å². The van der Waals surface area contributed by atoms with Gasteiger partial charge in [-0.1, -0.05) is 6.07 Å². The fraction of sp³-hybridized carbons (Fsp3) is 0.526. The van der Waals surface area contributed by atoms with Gasteiger partial charge in [0.1, 0.15) is 12.4 Å². The minimum atomic E-state index is -1.00. The van der Waals surface area contributed by atoms with Gasteiger partial charge in [-0.15, -0.1) is 0 Å². The fourth-order valence-corrected chi connectivity index (χ4v) is 3.56. The molecule has 1 atom stereocenters. The summed E-state index contributed by atoms with van der Waals surface area (Å²) in [5.74, 6) is -0.430. The number of piperidine rings is 1. The van der Waals surface area contributed by atoms with E-state index in [1.54, 1.807) is 17.9 Å². The van der Waals surface area contributed by atoms with E-state index in [2.05, 4.69) is 0 Å². The maximum absolute atomic E-state index is 13.1. The summed E-state index contributed by atoms with van der Waals surface area (Å²) >= 11 is 0. The zero-order valence-corrected chi connectivity index (χ0v) is 15.1. The minimum Gasteiger partial charge on any atom is -0.491 e. The van der Waals surface area contributed by atoms with Crippen LogP contribution in [0.4, 0.5) is 0 Å². The number of carboxylic acid groups (broad SMARTS) is 1. The van der Waals surface area contributed by atoms with Gasteiger partial charge in [0, 0.05) is 38.0 Å². The first kappa shape index (κ1) is 18.2. The highest BCUT2D eigenvalue weighted by Gasteiger charge is 2.33. The lowest BCUT2D eigenvalue weighted by Crippen LogP contribution is -2.47. The van der Waals surface area contributed by atoms with Crippen LogP contribution in [0, 0.1) is 5.92 Å². The van der Waals surface area contributed by atoms with E-state index < -0.39 is 5.97 Å². The van der Waals surface area contributed by atoms with Crippen LogP contribution < -0.4 is 4.74 Å². The van der Waals surface area contributed by atoms with E-state index in [0.717, 1.165) is 5.56 Å². The number of hydrogen-bond donors (Lipinski definition) is 1. The Hall–Kier alpha value is -2.57. The molecule has 1 N–H and O–H groups in total. The Morgan fingerprint density at radius 2 is 1.88 bits per heavy atom. The highest BCUT2D eigenvalue weighted by Crippen LogP contribution is 2.29. The molecule has 1 aromatic rings. The first-order valence-corrected chi connectivity index (χ1v) is 8.92. The molecule has 3 rings (SSSR count). The molecule has 0 spiro atoms. The number of benzene rings is 1. The lowest BCUT2D eigenvalue weighted by Gasteiger charge is -2.35. The molecule has 2 aliphatic rings. The number of fused-ring (bicyclic) bond motifs is 1. The van der Waals surface area contributed by atoms with Gasteiger partial charge >= 0.3 is 5.97 Å². The van der Waals surface area contributed by atoms with Crippen LogP contribution in [0.15, 0.2) is 18.2 Å². The smallest absolute Gasteiger partial charge is 0.335 e. The van der Waals surface area contributed by atoms with E-state index >= 15 is 0 Å². The summed E-state index contributed by atoms with van der Waals surface area (Å²) in [5.41, 5.74) is 0.988. The third kappa shape index (κ3) is 3.66. The molecule has 1 saturated heterocycles. The van der Waals surface area contributed by atoms with Crippen molar-refractivity contribution in [3.8, 4) is 5.75 Å². The molecule has 140 valence electrons. The van der Waals surface area contributed by atoms with E-state index in [1.165, 1.54) is 12.1 Å². The number of likely N-dealkylation sites (tertiary alicyclic amines) is 1. The molecule has 0 aromatic heterocycles. The molecule has 7 heteroatoms. The third-order valence-electron chi connectivity index (χ3n) is 5.24. The molecule has 2 heterocycles. The molecule has 2 amide bonds. The Morgan fingerprint density at radius 1 is 1.19 bits per heavy atom. The average Bonchev–Trinajstić information content (AvgIpc) is 2.79. The second kappa shape index (κ2) is 7.35. The summed E-state index contributed by atoms with van der Waals surface area (Å²) in [6, 6.07) is 4.67. The molecule has 1 aromatic carbocycles. The van der Waals surface area contributed by atoms with Crippen molar-refractivity contribution in [3.05, 3.63) is 29.3 Å². The van der Waals surface area contributed by atoms with Crippen LogP contribution in [-0.2, 0) is 16.1 Å². The Balaban J connectivity index is 1.74. The molecular weight excluding hydrogens is 336 g/mol. The number of amides is 2. The zero-order valence-electron chi connectivity index (χ0n) is 15.1. The second-order valence-corrected chi connectivity index (χ2v) is 7.03. The molecule has 0 bridgehead atoms. The number of rotatable bonds is 2. The average molecular weight is 360 g/mol. The number of nitrogens with zero attached hydrogens (tertiary/aromatic N) is 2. The van der Waals surface area contributed by atoms with E-state index in [-0.39, 0.29) is 29.3 Å². The maximum Gasteiger partial charge on any atom is 0.335 e. The Morgan fingerprint density at radius 3 is 2.50 bits per heavy atom. The van der Waals surface area contributed by atoms with Gasteiger partial charge in [0.05, 0.1) is 11.6 Å². The van der Waals surface area contributed by atoms with Gasteiger partial charge in [0.25, 0.3) is 0 Å². The van der Waals surface area contributed by atoms with E-state index in [9.17, 15) is 14.4 Å². The molecule has 7 nitrogen and oxygen atoms in total. The Labute approximate surface area is 152 Å². The summed E-state index contributed by atoms with van der Waals surface area (Å²) in [4.78, 5) is 39.3. The monoisotopic (exact) mass is 360 g/mol. The van der Waals surface area contributed by atoms with Gasteiger partial charge in [-0.05, 0) is 31.9 Å². The number of carboxylic acids is 1. The first-order chi connectivity index (χ1) is 12.4. The van der Waals surface area contributed by atoms with Crippen LogP contribution in [0.2, 0.25) is 0 Å². The normalized spacial score (nSPS) is 20.8. The van der Waals surface area contributed by atoms with Crippen LogP contribution in [0.1, 0.15) is 42.6 Å². The quantitative estimate of drug-likeness (QED) is 0.868. The minimum absolute atomic E-state index is 0.0515. The van der Waals surface area contributed by atoms with E-state index in [0.29, 0.717) is 44.8 Å². The third-order valence-corrected chi connectivity index (χ3v) is 5.24. The van der Waals surface area contributed by atoms with Crippen LogP contribution in [0.3, 0.4) is 0 Å². The molecule has 2 aliphatic heterocycles. The number of ether oxygens (including phenoxy) is 1. The van der Waals surface area contributed by atoms with Crippen LogP contribution in [0.5, 0.6) is 5.75 Å². The summed E-state index contributed by atoms with van der Waals surface area (Å²) in [7, 11) is 0. The highest BCUT2D eigenvalue weighted by atomic mass is 16.5. The summed E-state index contributed by atoms with van der Waals surface area (Å²) in [5, 5.41) is 9.13. The maximum atomic E-state index is 13.1. The fourth-order valence-electron chi connectivity index (χ4n) is 3.56. The second-order valence-electron chi connectivity index (χ2n) is 7.03. The van der Waals surface area contributed by atoms with E-state index in [4.69, 9.17) is 9.84 Å². The molecule has 0 saturated carbocycles. The van der Waals surface area contributed by atoms with Crippen molar-refractivity contribution in [1.82, 2.24) is 9.80 Å². The SMILES string of the molecule is CC(=O)N1CCC(C(=O)N2Cc3ccc(C(=O)O)cc3OCC2C)CC1. The van der Waals surface area contributed by atoms with Gasteiger partial charge in [-0.3, -0.25) is 9.59 Å². The molecule has 1 unspecified atom stereocenters. The number of aromatic carboxylic acids is 1. The molecule has 0 aliphatic carbocycles. The Bertz CT molecular complexity index is 725. The number of carbonyl (C=O) groups excluding carboxylic acids is 2. The van der Waals surface area contributed by atoms with Gasteiger partial charge in [-0.2, -0.15) is 0 Å². The van der Waals surface area contributed by atoms with Crippen molar-refractivity contribution in [2.75, 3.05) is 19.7 Å². The van der Waals surface area contributed by atoms with Crippen LogP contribution in [0.25, 0.3) is 0 Å². The van der Waals surface area contributed by atoms with Gasteiger partial charge < -0.3 is 19.6 Å². The summed E-state index contributed by atoms with van der Waals surface area (Å²) in [6.45, 7) is 5.45. The Kier molecular flexibility index (Phi) is 5.15. The lowest BCUT2D eigenvalue weighted by atomic mass is 9.94. The topological polar surface area (TPSA) is 87.2 Å². The number of hydrogen-bond acceptors (Lipinski definition) is 4. The van der Waals surface area contributed by atoms with Gasteiger partial charge in [0.15, 0.2) is 0 Å². The highest BCUT2D eigenvalue weighted by molar-refractivity contribution is 5.88. The predicted molar refractivity (Wildman–Crippen MR) is 93.9 cm³/mol. The summed E-state index contributed by atoms with van der Waals surface area (Å²) in [6.07, 6.45) is 1.35. The molecular formula is C19H24N2O5. The van der Waals surface area contributed by atoms with Crippen LogP contribution >= 0.6 is 0 Å². The lowest BCUT2D eigenvalue weighted by molar-refractivity contribution is -0.142. The standard InChI is InChI=1S/C19H24N2O5/c1-12-11-26-17-9-15(19(24)25)3-4-16(17)10-21(12)18(23)14-5-7-20(8-6-14)13(2)22/h3-4,9,12,14H,5-8,10-11H2,1-2H3,(H,24,25). The van der Waals surface area contributed by atoms with Crippen molar-refractivity contribution < 1.29 is 24.2 Å².